The van der Waals surface area contributed by atoms with Crippen LogP contribution in [-0.2, 0) is 4.74 Å². The van der Waals surface area contributed by atoms with Crippen LogP contribution in [0.2, 0.25) is 0 Å². The fraction of sp³-hybridized carbons (Fsp3) is 0.0909. The van der Waals surface area contributed by atoms with Crippen molar-refractivity contribution in [3.05, 3.63) is 75.4 Å². The van der Waals surface area contributed by atoms with Gasteiger partial charge in [-0.25, -0.2) is 13.6 Å². The zero-order chi connectivity index (χ0) is 20.9. The van der Waals surface area contributed by atoms with Gasteiger partial charge in [0, 0.05) is 28.6 Å². The summed E-state index contributed by atoms with van der Waals surface area (Å²) in [6, 6.07) is 8.98. The van der Waals surface area contributed by atoms with Gasteiger partial charge in [0.25, 0.3) is 0 Å². The largest absolute Gasteiger partial charge is 0.505 e. The Morgan fingerprint density at radius 1 is 1.03 bits per heavy atom. The van der Waals surface area contributed by atoms with E-state index in [2.05, 4.69) is 0 Å². The average Bonchev–Trinajstić information content (AvgIpc) is 2.69. The van der Waals surface area contributed by atoms with Crippen molar-refractivity contribution in [2.45, 2.75) is 6.92 Å². The van der Waals surface area contributed by atoms with Crippen LogP contribution < -0.4 is 5.43 Å². The molecular formula is C22H14F2O5. The van der Waals surface area contributed by atoms with Crippen LogP contribution in [0.15, 0.2) is 51.7 Å². The molecule has 0 aromatic heterocycles. The Kier molecular flexibility index (Phi) is 4.30. The summed E-state index contributed by atoms with van der Waals surface area (Å²) in [5.74, 6) is -2.90. The third-order valence-electron chi connectivity index (χ3n) is 4.76. The Morgan fingerprint density at radius 3 is 2.48 bits per heavy atom. The van der Waals surface area contributed by atoms with Crippen LogP contribution in [0.3, 0.4) is 0 Å². The molecule has 0 spiro atoms. The molecule has 1 aliphatic carbocycles. The minimum Gasteiger partial charge on any atom is -0.505 e. The summed E-state index contributed by atoms with van der Waals surface area (Å²) < 4.78 is 38.6. The molecule has 2 aromatic rings. The Bertz CT molecular complexity index is 1320. The number of halogens is 2. The van der Waals surface area contributed by atoms with E-state index in [9.17, 15) is 23.5 Å². The van der Waals surface area contributed by atoms with E-state index >= 15 is 0 Å². The van der Waals surface area contributed by atoms with Crippen LogP contribution in [0.5, 0.6) is 5.75 Å². The summed E-state index contributed by atoms with van der Waals surface area (Å²) in [4.78, 5) is 23.6. The van der Waals surface area contributed by atoms with E-state index in [1.807, 2.05) is 0 Å². The van der Waals surface area contributed by atoms with Crippen LogP contribution in [0, 0.1) is 18.6 Å². The predicted molar refractivity (Wildman–Crippen MR) is 102 cm³/mol. The van der Waals surface area contributed by atoms with Crippen LogP contribution >= 0.6 is 0 Å². The Balaban J connectivity index is 2.14. The molecule has 0 unspecified atom stereocenters. The third kappa shape index (κ3) is 3.00. The van der Waals surface area contributed by atoms with Gasteiger partial charge in [-0.2, -0.15) is 0 Å². The number of hydrogen-bond acceptors (Lipinski definition) is 5. The van der Waals surface area contributed by atoms with E-state index in [4.69, 9.17) is 9.15 Å². The van der Waals surface area contributed by atoms with Gasteiger partial charge < -0.3 is 14.3 Å². The maximum Gasteiger partial charge on any atom is 0.337 e. The number of rotatable bonds is 2. The number of phenols is 1. The van der Waals surface area contributed by atoms with Gasteiger partial charge in [-0.1, -0.05) is 6.07 Å². The van der Waals surface area contributed by atoms with E-state index in [1.54, 1.807) is 19.1 Å². The van der Waals surface area contributed by atoms with E-state index in [0.717, 1.165) is 24.3 Å². The van der Waals surface area contributed by atoms with Crippen molar-refractivity contribution in [1.29, 1.82) is 0 Å². The molecule has 1 aliphatic heterocycles. The van der Waals surface area contributed by atoms with Gasteiger partial charge in [-0.15, -0.1) is 0 Å². The first-order valence-corrected chi connectivity index (χ1v) is 8.58. The van der Waals surface area contributed by atoms with Crippen molar-refractivity contribution >= 4 is 16.9 Å². The van der Waals surface area contributed by atoms with E-state index in [-0.39, 0.29) is 22.3 Å². The number of benzene rings is 3. The second-order valence-electron chi connectivity index (χ2n) is 6.58. The number of esters is 1. The SMILES string of the molecule is COC(=O)c1ccc(-c2c3cc(F)c(=O)cc-3oc3cc(O)c(F)cc23)c(C)c1. The molecule has 0 saturated heterocycles. The molecule has 2 aromatic carbocycles. The van der Waals surface area contributed by atoms with Gasteiger partial charge in [0.1, 0.15) is 11.3 Å². The van der Waals surface area contributed by atoms with Gasteiger partial charge in [0.2, 0.25) is 5.43 Å². The van der Waals surface area contributed by atoms with Crippen LogP contribution in [0.25, 0.3) is 33.4 Å². The van der Waals surface area contributed by atoms with Crippen molar-refractivity contribution in [3.8, 4) is 28.2 Å². The summed E-state index contributed by atoms with van der Waals surface area (Å²) in [5.41, 5.74) is 1.47. The quantitative estimate of drug-likeness (QED) is 0.394. The molecule has 0 amide bonds. The van der Waals surface area contributed by atoms with Gasteiger partial charge in [0.15, 0.2) is 17.4 Å². The molecule has 146 valence electrons. The number of hydrogen-bond donors (Lipinski definition) is 1. The fourth-order valence-corrected chi connectivity index (χ4v) is 3.38. The molecule has 0 saturated carbocycles. The minimum absolute atomic E-state index is 0.0846. The lowest BCUT2D eigenvalue weighted by Gasteiger charge is -2.17. The first-order chi connectivity index (χ1) is 13.8. The summed E-state index contributed by atoms with van der Waals surface area (Å²) in [6.45, 7) is 1.73. The van der Waals surface area contributed by atoms with Gasteiger partial charge in [-0.05, 0) is 42.3 Å². The topological polar surface area (TPSA) is 76.7 Å². The Hall–Kier alpha value is -3.74. The highest BCUT2D eigenvalue weighted by Gasteiger charge is 2.22. The first kappa shape index (κ1) is 18.6. The average molecular weight is 396 g/mol. The normalized spacial score (nSPS) is 11.2. The van der Waals surface area contributed by atoms with Crippen LogP contribution in [0.4, 0.5) is 8.78 Å². The standard InChI is InChI=1S/C22H14F2O5/c1-10-5-11(22(27)28-2)3-4-12(10)21-13-6-15(23)17(25)8-19(13)29-20-9-18(26)16(24)7-14(20)21/h3-9,25H,1-2H3. The molecule has 0 radical (unpaired) electrons. The number of carbonyl (C=O) groups is 1. The number of aryl methyl sites for hydroxylation is 1. The molecule has 1 heterocycles. The minimum atomic E-state index is -0.976. The lowest BCUT2D eigenvalue weighted by molar-refractivity contribution is 0.0600. The smallest absolute Gasteiger partial charge is 0.337 e. The monoisotopic (exact) mass is 396 g/mol. The number of carbonyl (C=O) groups excluding carboxylic acids is 1. The van der Waals surface area contributed by atoms with Crippen molar-refractivity contribution in [1.82, 2.24) is 0 Å². The second-order valence-corrected chi connectivity index (χ2v) is 6.58. The molecule has 0 atom stereocenters. The molecule has 1 N–H and O–H groups in total. The highest BCUT2D eigenvalue weighted by molar-refractivity contribution is 6.03. The Labute approximate surface area is 163 Å². The zero-order valence-electron chi connectivity index (χ0n) is 15.4. The van der Waals surface area contributed by atoms with Gasteiger partial charge in [0.05, 0.1) is 12.7 Å². The molecule has 0 bridgehead atoms. The summed E-state index contributed by atoms with van der Waals surface area (Å²) in [7, 11) is 1.27. The van der Waals surface area contributed by atoms with Crippen molar-refractivity contribution in [2.24, 2.45) is 0 Å². The lowest BCUT2D eigenvalue weighted by Crippen LogP contribution is -2.07. The molecule has 5 nitrogen and oxygen atoms in total. The molecule has 7 heteroatoms. The molecular weight excluding hydrogens is 382 g/mol. The van der Waals surface area contributed by atoms with Crippen molar-refractivity contribution in [3.63, 3.8) is 0 Å². The molecule has 4 rings (SSSR count). The zero-order valence-corrected chi connectivity index (χ0v) is 15.4. The van der Waals surface area contributed by atoms with Crippen LogP contribution in [0.1, 0.15) is 15.9 Å². The Morgan fingerprint density at radius 2 is 1.79 bits per heavy atom. The molecule has 0 fully saturated rings. The van der Waals surface area contributed by atoms with E-state index < -0.39 is 28.8 Å². The lowest BCUT2D eigenvalue weighted by atomic mass is 9.90. The maximum absolute atomic E-state index is 14.1. The fourth-order valence-electron chi connectivity index (χ4n) is 3.38. The highest BCUT2D eigenvalue weighted by Crippen LogP contribution is 2.42. The van der Waals surface area contributed by atoms with Gasteiger partial charge in [-0.3, -0.25) is 4.79 Å². The third-order valence-corrected chi connectivity index (χ3v) is 4.76. The maximum atomic E-state index is 14.1. The number of phenolic OH excluding ortho intramolecular Hbond substituents is 1. The highest BCUT2D eigenvalue weighted by atomic mass is 19.1. The summed E-state index contributed by atoms with van der Waals surface area (Å²) in [5, 5.41) is 10.00. The molecule has 29 heavy (non-hydrogen) atoms. The number of aromatic hydroxyl groups is 1. The van der Waals surface area contributed by atoms with Crippen molar-refractivity contribution in [2.75, 3.05) is 7.11 Å². The number of fused-ring (bicyclic) bond motifs is 2. The van der Waals surface area contributed by atoms with Crippen LogP contribution in [-0.4, -0.2) is 18.2 Å². The predicted octanol–water partition coefficient (Wildman–Crippen LogP) is 4.64. The van der Waals surface area contributed by atoms with Crippen molar-refractivity contribution < 1.29 is 27.8 Å². The summed E-state index contributed by atoms with van der Waals surface area (Å²) in [6.07, 6.45) is 0. The summed E-state index contributed by atoms with van der Waals surface area (Å²) >= 11 is 0. The first-order valence-electron chi connectivity index (χ1n) is 8.58. The second kappa shape index (κ2) is 6.70. The van der Waals surface area contributed by atoms with E-state index in [1.165, 1.54) is 13.2 Å². The van der Waals surface area contributed by atoms with E-state index in [0.29, 0.717) is 22.3 Å². The number of ether oxygens (including phenoxy) is 1. The van der Waals surface area contributed by atoms with Gasteiger partial charge >= 0.3 is 5.97 Å². The number of methoxy groups -OCH3 is 1. The molecule has 2 aliphatic rings.